The van der Waals surface area contributed by atoms with E-state index in [1.165, 1.54) is 13.3 Å². The molecule has 0 radical (unpaired) electrons. The summed E-state index contributed by atoms with van der Waals surface area (Å²) in [4.78, 5) is 29.3. The van der Waals surface area contributed by atoms with E-state index in [-0.39, 0.29) is 57.2 Å². The van der Waals surface area contributed by atoms with Crippen molar-refractivity contribution in [2.45, 2.75) is 149 Å². The fourth-order valence-corrected chi connectivity index (χ4v) is 13.4. The molecule has 3 N–H and O–H groups in total. The molecule has 1 saturated heterocycles. The summed E-state index contributed by atoms with van der Waals surface area (Å²) in [6.07, 6.45) is 6.99. The summed E-state index contributed by atoms with van der Waals surface area (Å²) in [5, 5.41) is 26.4. The van der Waals surface area contributed by atoms with Gasteiger partial charge in [0, 0.05) is 24.0 Å². The number of carbonyl (C=O) groups excluding carboxylic acids is 2. The number of ether oxygens (including phenoxy) is 3. The predicted molar refractivity (Wildman–Crippen MR) is 179 cm³/mol. The first-order valence-corrected chi connectivity index (χ1v) is 18.5. The van der Waals surface area contributed by atoms with Crippen molar-refractivity contribution in [1.29, 1.82) is 0 Å². The molecular weight excluding hydrogens is 608 g/mol. The van der Waals surface area contributed by atoms with E-state index < -0.39 is 29.9 Å². The van der Waals surface area contributed by atoms with Crippen LogP contribution in [0.5, 0.6) is 0 Å². The molecule has 0 bridgehead atoms. The Morgan fingerprint density at radius 1 is 1.08 bits per heavy atom. The van der Waals surface area contributed by atoms with Crippen LogP contribution in [0.15, 0.2) is 24.4 Å². The minimum absolute atomic E-state index is 0.0960. The van der Waals surface area contributed by atoms with E-state index >= 15 is 0 Å². The maximum absolute atomic E-state index is 13.0. The molecule has 9 nitrogen and oxygen atoms in total. The van der Waals surface area contributed by atoms with Crippen molar-refractivity contribution in [3.8, 4) is 0 Å². The molecule has 1 aromatic heterocycles. The van der Waals surface area contributed by atoms with Gasteiger partial charge in [-0.05, 0) is 117 Å². The molecule has 6 fully saturated rings. The third kappa shape index (κ3) is 4.68. The molecular formula is C39H58N2O7. The van der Waals surface area contributed by atoms with Gasteiger partial charge >= 0.3 is 12.1 Å². The van der Waals surface area contributed by atoms with Crippen LogP contribution < -0.4 is 5.32 Å². The van der Waals surface area contributed by atoms with Gasteiger partial charge in [0.1, 0.15) is 6.10 Å². The summed E-state index contributed by atoms with van der Waals surface area (Å²) < 4.78 is 18.7. The van der Waals surface area contributed by atoms with Gasteiger partial charge < -0.3 is 29.7 Å². The Bertz CT molecular complexity index is 1430. The van der Waals surface area contributed by atoms with Gasteiger partial charge in [0.2, 0.25) is 0 Å². The van der Waals surface area contributed by atoms with E-state index in [1.54, 1.807) is 20.0 Å². The van der Waals surface area contributed by atoms with Gasteiger partial charge in [0.25, 0.3) is 0 Å². The average molecular weight is 667 g/mol. The van der Waals surface area contributed by atoms with Crippen molar-refractivity contribution in [3.63, 3.8) is 0 Å². The smallest absolute Gasteiger partial charge is 0.407 e. The quantitative estimate of drug-likeness (QED) is 0.307. The predicted octanol–water partition coefficient (Wildman–Crippen LogP) is 6.19. The topological polar surface area (TPSA) is 127 Å². The number of nitrogens with one attached hydrogen (secondary N) is 1. The number of aliphatic hydroxyl groups is 2. The highest BCUT2D eigenvalue weighted by Gasteiger charge is 2.84. The van der Waals surface area contributed by atoms with Crippen molar-refractivity contribution < 1.29 is 34.0 Å². The van der Waals surface area contributed by atoms with Crippen LogP contribution in [0, 0.1) is 50.7 Å². The molecule has 13 atom stereocenters. The van der Waals surface area contributed by atoms with Crippen LogP contribution in [0.1, 0.15) is 112 Å². The molecule has 266 valence electrons. The molecule has 2 heterocycles. The summed E-state index contributed by atoms with van der Waals surface area (Å²) in [6, 6.07) is 5.67. The lowest BCUT2D eigenvalue weighted by molar-refractivity contribution is -0.216. The minimum atomic E-state index is -1.27. The van der Waals surface area contributed by atoms with Crippen molar-refractivity contribution in [2.24, 2.45) is 50.7 Å². The van der Waals surface area contributed by atoms with Gasteiger partial charge in [-0.3, -0.25) is 9.78 Å². The molecule has 5 unspecified atom stereocenters. The van der Waals surface area contributed by atoms with Crippen LogP contribution in [0.3, 0.4) is 0 Å². The van der Waals surface area contributed by atoms with Crippen molar-refractivity contribution in [1.82, 2.24) is 10.3 Å². The second-order valence-electron chi connectivity index (χ2n) is 18.3. The van der Waals surface area contributed by atoms with Gasteiger partial charge in [0.05, 0.1) is 36.2 Å². The highest BCUT2D eigenvalue weighted by molar-refractivity contribution is 5.67. The Balaban J connectivity index is 1.11. The standard InChI is InChI=1S/C39H58N2O7/c1-22-19-25(32(35(5,6)45)46-23(2)42)47-30-29(22)36(7)16-17-39-21-38(39)15-14-28(48-33(44)41-20-24-11-9-10-18-40-24)34(3,4)26(38)12-13-27(39)37(36,8)31(30)43/h9-11,18,22,25-32,43,45H,12-17,19-21H2,1-8H3,(H,41,44)/t22-,25?,26+,27?,28+,29+,30?,31+,32+,36-,37-,38?,39?/m1/s1. The van der Waals surface area contributed by atoms with Crippen LogP contribution in [-0.2, 0) is 25.5 Å². The van der Waals surface area contributed by atoms with Gasteiger partial charge in [-0.1, -0.05) is 40.7 Å². The Morgan fingerprint density at radius 2 is 1.79 bits per heavy atom. The van der Waals surface area contributed by atoms with E-state index in [1.807, 2.05) is 18.2 Å². The van der Waals surface area contributed by atoms with Crippen molar-refractivity contribution in [2.75, 3.05) is 0 Å². The summed E-state index contributed by atoms with van der Waals surface area (Å²) in [6.45, 7) is 16.7. The first kappa shape index (κ1) is 34.2. The Kier molecular flexibility index (Phi) is 7.94. The lowest BCUT2D eigenvalue weighted by atomic mass is 9.41. The second kappa shape index (κ2) is 11.1. The molecule has 1 amide bonds. The maximum atomic E-state index is 13.0. The number of nitrogens with zero attached hydrogens (tertiary/aromatic N) is 1. The SMILES string of the molecule is CC(=O)O[C@@H](C1C[C@@H](C)[C@H]2C(O1)[C@H](O)[C@@]1(C)C3CC[C@H]4C(C)(C)[C@@H](OC(=O)NCc5ccccn5)CCC45CC35CC[C@]21C)C(C)(C)O. The van der Waals surface area contributed by atoms with Crippen LogP contribution in [0.4, 0.5) is 4.79 Å². The van der Waals surface area contributed by atoms with Gasteiger partial charge in [-0.2, -0.15) is 0 Å². The van der Waals surface area contributed by atoms with Crippen LogP contribution >= 0.6 is 0 Å². The molecule has 7 rings (SSSR count). The number of hydrogen-bond donors (Lipinski definition) is 3. The molecule has 5 saturated carbocycles. The fraction of sp³-hybridized carbons (Fsp3) is 0.821. The lowest BCUT2D eigenvalue weighted by Gasteiger charge is -2.63. The van der Waals surface area contributed by atoms with Crippen molar-refractivity contribution in [3.05, 3.63) is 30.1 Å². The monoisotopic (exact) mass is 666 g/mol. The molecule has 2 spiro atoms. The number of fused-ring (bicyclic) bond motifs is 4. The molecule has 48 heavy (non-hydrogen) atoms. The molecule has 9 heteroatoms. The Morgan fingerprint density at radius 3 is 2.46 bits per heavy atom. The van der Waals surface area contributed by atoms with Crippen LogP contribution in [-0.4, -0.2) is 63.4 Å². The number of amides is 1. The average Bonchev–Trinajstić information content (AvgIpc) is 3.65. The summed E-state index contributed by atoms with van der Waals surface area (Å²) in [5.74, 6) is 0.815. The Labute approximate surface area is 286 Å². The number of carbonyl (C=O) groups is 2. The third-order valence-electron chi connectivity index (χ3n) is 15.5. The molecule has 1 aromatic rings. The number of rotatable bonds is 6. The lowest BCUT2D eigenvalue weighted by Crippen LogP contribution is -2.60. The maximum Gasteiger partial charge on any atom is 0.407 e. The molecule has 0 aromatic carbocycles. The van der Waals surface area contributed by atoms with Crippen molar-refractivity contribution >= 4 is 12.1 Å². The highest BCUT2D eigenvalue weighted by atomic mass is 16.6. The third-order valence-corrected chi connectivity index (χ3v) is 15.5. The van der Waals surface area contributed by atoms with E-state index in [4.69, 9.17) is 14.2 Å². The number of alkyl carbamates (subject to hydrolysis) is 1. The minimum Gasteiger partial charge on any atom is -0.457 e. The molecule has 1 aliphatic heterocycles. The number of aliphatic hydroxyl groups excluding tert-OH is 1. The van der Waals surface area contributed by atoms with Gasteiger partial charge in [-0.25, -0.2) is 4.79 Å². The second-order valence-corrected chi connectivity index (χ2v) is 18.3. The normalized spacial score (nSPS) is 46.0. The largest absolute Gasteiger partial charge is 0.457 e. The first-order chi connectivity index (χ1) is 22.4. The zero-order valence-corrected chi connectivity index (χ0v) is 30.3. The summed E-state index contributed by atoms with van der Waals surface area (Å²) >= 11 is 0. The van der Waals surface area contributed by atoms with E-state index in [2.05, 4.69) is 44.9 Å². The van der Waals surface area contributed by atoms with E-state index in [9.17, 15) is 19.8 Å². The van der Waals surface area contributed by atoms with Gasteiger partial charge in [0.15, 0.2) is 6.10 Å². The highest BCUT2D eigenvalue weighted by Crippen LogP contribution is 2.89. The van der Waals surface area contributed by atoms with E-state index in [0.29, 0.717) is 24.8 Å². The summed E-state index contributed by atoms with van der Waals surface area (Å²) in [7, 11) is 0. The molecule has 5 aliphatic carbocycles. The first-order valence-electron chi connectivity index (χ1n) is 18.5. The number of pyridine rings is 1. The summed E-state index contributed by atoms with van der Waals surface area (Å²) in [5.41, 5.74) is -0.667. The zero-order valence-electron chi connectivity index (χ0n) is 30.3. The van der Waals surface area contributed by atoms with Crippen LogP contribution in [0.2, 0.25) is 0 Å². The zero-order chi connectivity index (χ0) is 34.7. The van der Waals surface area contributed by atoms with Crippen LogP contribution in [0.25, 0.3) is 0 Å². The fourth-order valence-electron chi connectivity index (χ4n) is 13.4. The van der Waals surface area contributed by atoms with Gasteiger partial charge in [-0.15, -0.1) is 0 Å². The number of esters is 1. The number of hydrogen-bond acceptors (Lipinski definition) is 8. The Hall–Kier alpha value is -2.23. The van der Waals surface area contributed by atoms with E-state index in [0.717, 1.165) is 44.2 Å². The molecule has 6 aliphatic rings. The number of aromatic nitrogens is 1.